The molecule has 2 aromatic rings. The summed E-state index contributed by atoms with van der Waals surface area (Å²) in [6, 6.07) is 13.5. The molecule has 5 heteroatoms. The number of hydrogen-bond donors (Lipinski definition) is 1. The van der Waals surface area contributed by atoms with Crippen molar-refractivity contribution < 1.29 is 9.18 Å². The van der Waals surface area contributed by atoms with Gasteiger partial charge in [-0.25, -0.2) is 4.39 Å². The van der Waals surface area contributed by atoms with E-state index in [9.17, 15) is 9.18 Å². The van der Waals surface area contributed by atoms with Gasteiger partial charge >= 0.3 is 0 Å². The molecule has 0 unspecified atom stereocenters. The van der Waals surface area contributed by atoms with Crippen LogP contribution in [0, 0.1) is 5.82 Å². The zero-order valence-electron chi connectivity index (χ0n) is 11.5. The molecule has 0 bridgehead atoms. The molecular weight excluding hydrogens is 309 g/mol. The average Bonchev–Trinajstić information content (AvgIpc) is 2.48. The summed E-state index contributed by atoms with van der Waals surface area (Å²) in [6.07, 6.45) is 0. The molecule has 2 nitrogen and oxygen atoms in total. The first-order valence-corrected chi connectivity index (χ1v) is 7.75. The summed E-state index contributed by atoms with van der Waals surface area (Å²) in [5.41, 5.74) is 0.869. The molecule has 0 aliphatic carbocycles. The highest BCUT2D eigenvalue weighted by Gasteiger charge is 2.13. The second-order valence-electron chi connectivity index (χ2n) is 4.56. The van der Waals surface area contributed by atoms with E-state index in [1.165, 1.54) is 23.9 Å². The maximum atomic E-state index is 12.8. The van der Waals surface area contributed by atoms with Crippen molar-refractivity contribution in [1.29, 1.82) is 0 Å². The molecule has 110 valence electrons. The highest BCUT2D eigenvalue weighted by Crippen LogP contribution is 2.24. The maximum absolute atomic E-state index is 12.8. The van der Waals surface area contributed by atoms with Gasteiger partial charge in [0.15, 0.2) is 0 Å². The highest BCUT2D eigenvalue weighted by atomic mass is 35.5. The SMILES string of the molecule is C[C@@H](Sc1ccc(Cl)cc1)C(=O)NCc1ccc(F)cc1. The van der Waals surface area contributed by atoms with Crippen molar-refractivity contribution in [3.63, 3.8) is 0 Å². The smallest absolute Gasteiger partial charge is 0.233 e. The molecular formula is C16H15ClFNOS. The fourth-order valence-corrected chi connectivity index (χ4v) is 2.72. The van der Waals surface area contributed by atoms with E-state index in [4.69, 9.17) is 11.6 Å². The van der Waals surface area contributed by atoms with Crippen molar-refractivity contribution in [3.05, 3.63) is 64.9 Å². The van der Waals surface area contributed by atoms with Gasteiger partial charge in [0.25, 0.3) is 0 Å². The third-order valence-electron chi connectivity index (χ3n) is 2.88. The molecule has 0 radical (unpaired) electrons. The summed E-state index contributed by atoms with van der Waals surface area (Å²) in [6.45, 7) is 2.24. The lowest BCUT2D eigenvalue weighted by Gasteiger charge is -2.12. The van der Waals surface area contributed by atoms with Crippen molar-refractivity contribution in [2.24, 2.45) is 0 Å². The summed E-state index contributed by atoms with van der Waals surface area (Å²) in [7, 11) is 0. The maximum Gasteiger partial charge on any atom is 0.233 e. The fraction of sp³-hybridized carbons (Fsp3) is 0.188. The minimum Gasteiger partial charge on any atom is -0.351 e. The second-order valence-corrected chi connectivity index (χ2v) is 6.41. The Hall–Kier alpha value is -1.52. The van der Waals surface area contributed by atoms with E-state index in [0.29, 0.717) is 11.6 Å². The van der Waals surface area contributed by atoms with Crippen molar-refractivity contribution >= 4 is 29.3 Å². The molecule has 1 atom stereocenters. The van der Waals surface area contributed by atoms with Crippen LogP contribution in [0.2, 0.25) is 5.02 Å². The van der Waals surface area contributed by atoms with Crippen LogP contribution in [0.5, 0.6) is 0 Å². The predicted octanol–water partition coefficient (Wildman–Crippen LogP) is 4.28. The van der Waals surface area contributed by atoms with Crippen LogP contribution < -0.4 is 5.32 Å². The van der Waals surface area contributed by atoms with Gasteiger partial charge in [0.2, 0.25) is 5.91 Å². The molecule has 1 N–H and O–H groups in total. The van der Waals surface area contributed by atoms with Crippen LogP contribution >= 0.6 is 23.4 Å². The highest BCUT2D eigenvalue weighted by molar-refractivity contribution is 8.00. The Morgan fingerprint density at radius 3 is 2.43 bits per heavy atom. The second kappa shape index (κ2) is 7.48. The zero-order valence-corrected chi connectivity index (χ0v) is 13.0. The van der Waals surface area contributed by atoms with Gasteiger partial charge in [-0.05, 0) is 48.9 Å². The Morgan fingerprint density at radius 2 is 1.81 bits per heavy atom. The summed E-state index contributed by atoms with van der Waals surface area (Å²) in [5.74, 6) is -0.337. The number of carbonyl (C=O) groups is 1. The molecule has 1 amide bonds. The molecule has 0 spiro atoms. The van der Waals surface area contributed by atoms with Crippen LogP contribution in [0.4, 0.5) is 4.39 Å². The first kappa shape index (κ1) is 15.9. The number of amides is 1. The number of nitrogens with one attached hydrogen (secondary N) is 1. The Bertz CT molecular complexity index is 601. The zero-order chi connectivity index (χ0) is 15.2. The van der Waals surface area contributed by atoms with Gasteiger partial charge in [-0.2, -0.15) is 0 Å². The Morgan fingerprint density at radius 1 is 1.19 bits per heavy atom. The van der Waals surface area contributed by atoms with Gasteiger partial charge in [0.1, 0.15) is 5.82 Å². The van der Waals surface area contributed by atoms with Crippen LogP contribution in [0.15, 0.2) is 53.4 Å². The van der Waals surface area contributed by atoms with E-state index >= 15 is 0 Å². The summed E-state index contributed by atoms with van der Waals surface area (Å²) in [5, 5.41) is 3.30. The lowest BCUT2D eigenvalue weighted by molar-refractivity contribution is -0.120. The molecule has 21 heavy (non-hydrogen) atoms. The van der Waals surface area contributed by atoms with Crippen LogP contribution in [-0.2, 0) is 11.3 Å². The van der Waals surface area contributed by atoms with Crippen molar-refractivity contribution in [2.75, 3.05) is 0 Å². The molecule has 0 saturated carbocycles. The largest absolute Gasteiger partial charge is 0.351 e. The van der Waals surface area contributed by atoms with Crippen molar-refractivity contribution in [1.82, 2.24) is 5.32 Å². The number of halogens is 2. The quantitative estimate of drug-likeness (QED) is 0.832. The van der Waals surface area contributed by atoms with Gasteiger partial charge in [-0.1, -0.05) is 23.7 Å². The predicted molar refractivity (Wildman–Crippen MR) is 85.0 cm³/mol. The van der Waals surface area contributed by atoms with Crippen LogP contribution in [0.1, 0.15) is 12.5 Å². The minimum absolute atomic E-state index is 0.0562. The monoisotopic (exact) mass is 323 g/mol. The third-order valence-corrected chi connectivity index (χ3v) is 4.24. The van der Waals surface area contributed by atoms with Gasteiger partial charge in [0.05, 0.1) is 5.25 Å². The van der Waals surface area contributed by atoms with E-state index in [2.05, 4.69) is 5.32 Å². The average molecular weight is 324 g/mol. The van der Waals surface area contributed by atoms with Gasteiger partial charge in [-0.15, -0.1) is 11.8 Å². The standard InChI is InChI=1S/C16H15ClFNOS/c1-11(21-15-8-4-13(17)5-9-15)16(20)19-10-12-2-6-14(18)7-3-12/h2-9,11H,10H2,1H3,(H,19,20)/t11-/m1/s1. The first-order chi connectivity index (χ1) is 10.0. The molecule has 0 fully saturated rings. The number of hydrogen-bond acceptors (Lipinski definition) is 2. The van der Waals surface area contributed by atoms with E-state index < -0.39 is 0 Å². The van der Waals surface area contributed by atoms with E-state index in [1.807, 2.05) is 19.1 Å². The number of carbonyl (C=O) groups excluding carboxylic acids is 1. The summed E-state index contributed by atoms with van der Waals surface area (Å²) in [4.78, 5) is 13.0. The van der Waals surface area contributed by atoms with E-state index in [1.54, 1.807) is 24.3 Å². The molecule has 0 aliphatic heterocycles. The Kier molecular flexibility index (Phi) is 5.65. The molecule has 0 heterocycles. The van der Waals surface area contributed by atoms with E-state index in [0.717, 1.165) is 10.5 Å². The molecule has 0 aliphatic rings. The van der Waals surface area contributed by atoms with Crippen LogP contribution in [0.3, 0.4) is 0 Å². The lowest BCUT2D eigenvalue weighted by Crippen LogP contribution is -2.30. The Balaban J connectivity index is 1.84. The Labute approximate surface area is 132 Å². The molecule has 2 rings (SSSR count). The molecule has 0 saturated heterocycles. The molecule has 2 aromatic carbocycles. The number of rotatable bonds is 5. The lowest BCUT2D eigenvalue weighted by atomic mass is 10.2. The summed E-state index contributed by atoms with van der Waals surface area (Å²) >= 11 is 7.29. The van der Waals surface area contributed by atoms with Gasteiger partial charge < -0.3 is 5.32 Å². The first-order valence-electron chi connectivity index (χ1n) is 6.49. The normalized spacial score (nSPS) is 12.0. The fourth-order valence-electron chi connectivity index (χ4n) is 1.71. The van der Waals surface area contributed by atoms with Gasteiger partial charge in [-0.3, -0.25) is 4.79 Å². The number of thioether (sulfide) groups is 1. The van der Waals surface area contributed by atoms with Crippen LogP contribution in [-0.4, -0.2) is 11.2 Å². The minimum atomic E-state index is -0.281. The van der Waals surface area contributed by atoms with Crippen molar-refractivity contribution in [3.8, 4) is 0 Å². The van der Waals surface area contributed by atoms with Crippen LogP contribution in [0.25, 0.3) is 0 Å². The summed E-state index contributed by atoms with van der Waals surface area (Å²) < 4.78 is 12.8. The molecule has 0 aromatic heterocycles. The van der Waals surface area contributed by atoms with E-state index in [-0.39, 0.29) is 17.0 Å². The van der Waals surface area contributed by atoms with Gasteiger partial charge in [0, 0.05) is 16.5 Å². The van der Waals surface area contributed by atoms with Crippen molar-refractivity contribution in [2.45, 2.75) is 23.6 Å². The topological polar surface area (TPSA) is 29.1 Å². The number of benzene rings is 2. The third kappa shape index (κ3) is 5.06.